The van der Waals surface area contributed by atoms with Gasteiger partial charge in [-0.15, -0.1) is 0 Å². The number of amides is 3. The minimum Gasteiger partial charge on any atom is -0.454 e. The third-order valence-corrected chi connectivity index (χ3v) is 5.34. The number of nitrogens with one attached hydrogen (secondary N) is 1. The van der Waals surface area contributed by atoms with Crippen molar-refractivity contribution >= 4 is 52.2 Å². The Hall–Kier alpha value is -3.04. The second kappa shape index (κ2) is 7.76. The molecule has 3 amide bonds. The molecule has 2 heterocycles. The smallest absolute Gasteiger partial charge is 0.294 e. The van der Waals surface area contributed by atoms with Gasteiger partial charge in [-0.25, -0.2) is 4.39 Å². The lowest BCUT2D eigenvalue weighted by Gasteiger charge is -2.12. The van der Waals surface area contributed by atoms with E-state index in [9.17, 15) is 18.8 Å². The molecule has 2 aliphatic rings. The van der Waals surface area contributed by atoms with E-state index in [1.807, 2.05) is 0 Å². The van der Waals surface area contributed by atoms with Gasteiger partial charge >= 0.3 is 0 Å². The zero-order valence-electron chi connectivity index (χ0n) is 14.6. The van der Waals surface area contributed by atoms with Crippen LogP contribution in [-0.2, 0) is 9.59 Å². The normalized spacial score (nSPS) is 16.6. The maximum absolute atomic E-state index is 13.9. The van der Waals surface area contributed by atoms with Crippen LogP contribution in [0, 0.1) is 5.82 Å². The zero-order valence-corrected chi connectivity index (χ0v) is 16.2. The predicted octanol–water partition coefficient (Wildman–Crippen LogP) is 3.88. The number of halogens is 2. The van der Waals surface area contributed by atoms with Gasteiger partial charge in [-0.05, 0) is 42.1 Å². The molecule has 0 unspecified atom stereocenters. The molecule has 0 aromatic heterocycles. The lowest BCUT2D eigenvalue weighted by Crippen LogP contribution is -2.36. The number of imide groups is 1. The number of ether oxygens (including phenoxy) is 2. The van der Waals surface area contributed by atoms with Crippen LogP contribution < -0.4 is 14.8 Å². The summed E-state index contributed by atoms with van der Waals surface area (Å²) in [5.74, 6) is -0.842. The van der Waals surface area contributed by atoms with E-state index in [1.165, 1.54) is 24.3 Å². The molecular formula is C19H12ClFN2O5S. The fourth-order valence-electron chi connectivity index (χ4n) is 2.73. The van der Waals surface area contributed by atoms with Crippen LogP contribution in [0.3, 0.4) is 0 Å². The summed E-state index contributed by atoms with van der Waals surface area (Å²) in [5, 5.41) is 2.07. The number of carbonyl (C=O) groups excluding carboxylic acids is 3. The summed E-state index contributed by atoms with van der Waals surface area (Å²) in [6.07, 6.45) is 1.21. The number of hydrogen-bond acceptors (Lipinski definition) is 6. The molecule has 29 heavy (non-hydrogen) atoms. The molecule has 1 saturated heterocycles. The molecule has 0 saturated carbocycles. The van der Waals surface area contributed by atoms with Gasteiger partial charge in [-0.3, -0.25) is 19.3 Å². The summed E-state index contributed by atoms with van der Waals surface area (Å²) in [6, 6.07) is 8.92. The Kier molecular flexibility index (Phi) is 5.16. The average Bonchev–Trinajstić information content (AvgIpc) is 3.24. The fraction of sp³-hybridized carbons (Fsp3) is 0.105. The Morgan fingerprint density at radius 1 is 1.24 bits per heavy atom. The van der Waals surface area contributed by atoms with Crippen molar-refractivity contribution in [1.29, 1.82) is 0 Å². The number of carbonyl (C=O) groups is 3. The Balaban J connectivity index is 1.46. The molecule has 0 spiro atoms. The van der Waals surface area contributed by atoms with E-state index >= 15 is 0 Å². The molecular weight excluding hydrogens is 423 g/mol. The van der Waals surface area contributed by atoms with Crippen LogP contribution in [0.15, 0.2) is 41.3 Å². The van der Waals surface area contributed by atoms with E-state index in [0.717, 1.165) is 4.90 Å². The zero-order chi connectivity index (χ0) is 20.5. The number of benzene rings is 2. The summed E-state index contributed by atoms with van der Waals surface area (Å²) >= 11 is 6.57. The van der Waals surface area contributed by atoms with Crippen LogP contribution in [0.4, 0.5) is 14.9 Å². The average molecular weight is 435 g/mol. The Morgan fingerprint density at radius 3 is 2.83 bits per heavy atom. The fourth-order valence-corrected chi connectivity index (χ4v) is 3.77. The van der Waals surface area contributed by atoms with Crippen molar-refractivity contribution in [2.24, 2.45) is 0 Å². The first-order valence-electron chi connectivity index (χ1n) is 8.31. The first-order chi connectivity index (χ1) is 13.9. The van der Waals surface area contributed by atoms with Gasteiger partial charge in [0.25, 0.3) is 11.1 Å². The van der Waals surface area contributed by atoms with Gasteiger partial charge in [0, 0.05) is 17.3 Å². The Labute approximate surface area is 173 Å². The maximum atomic E-state index is 13.9. The van der Waals surface area contributed by atoms with Crippen LogP contribution in [0.2, 0.25) is 5.02 Å². The minimum atomic E-state index is -0.694. The lowest BCUT2D eigenvalue weighted by atomic mass is 10.2. The van der Waals surface area contributed by atoms with Crippen molar-refractivity contribution in [2.45, 2.75) is 0 Å². The Morgan fingerprint density at radius 2 is 2.03 bits per heavy atom. The van der Waals surface area contributed by atoms with E-state index < -0.39 is 29.4 Å². The maximum Gasteiger partial charge on any atom is 0.294 e. The number of hydrogen-bond donors (Lipinski definition) is 1. The third kappa shape index (κ3) is 3.92. The second-order valence-corrected chi connectivity index (χ2v) is 7.42. The highest BCUT2D eigenvalue weighted by Crippen LogP contribution is 2.35. The SMILES string of the molecule is O=C(CN1C(=O)S/C(=C\c2c(F)cccc2Cl)C1=O)Nc1ccc2c(c1)OCO2. The van der Waals surface area contributed by atoms with Gasteiger partial charge in [-0.1, -0.05) is 17.7 Å². The van der Waals surface area contributed by atoms with E-state index in [2.05, 4.69) is 5.32 Å². The molecule has 148 valence electrons. The van der Waals surface area contributed by atoms with Crippen molar-refractivity contribution in [2.75, 3.05) is 18.7 Å². The number of anilines is 1. The van der Waals surface area contributed by atoms with E-state index in [1.54, 1.807) is 18.2 Å². The number of rotatable bonds is 4. The van der Waals surface area contributed by atoms with Gasteiger partial charge in [0.15, 0.2) is 11.5 Å². The molecule has 2 aromatic carbocycles. The van der Waals surface area contributed by atoms with Crippen LogP contribution >= 0.6 is 23.4 Å². The summed E-state index contributed by atoms with van der Waals surface area (Å²) in [4.78, 5) is 37.8. The molecule has 1 fully saturated rings. The molecule has 10 heteroatoms. The highest BCUT2D eigenvalue weighted by atomic mass is 35.5. The molecule has 7 nitrogen and oxygen atoms in total. The first-order valence-corrected chi connectivity index (χ1v) is 9.51. The monoisotopic (exact) mass is 434 g/mol. The quantitative estimate of drug-likeness (QED) is 0.735. The molecule has 4 rings (SSSR count). The standard InChI is InChI=1S/C19H12ClFN2O5S/c20-12-2-1-3-13(21)11(12)7-16-18(25)23(19(26)29-16)8-17(24)22-10-4-5-14-15(6-10)28-9-27-14/h1-7H,8-9H2,(H,22,24)/b16-7-. The first kappa shape index (κ1) is 19.3. The highest BCUT2D eigenvalue weighted by molar-refractivity contribution is 8.18. The van der Waals surface area contributed by atoms with Gasteiger partial charge < -0.3 is 14.8 Å². The van der Waals surface area contributed by atoms with Crippen molar-refractivity contribution in [3.05, 3.63) is 57.7 Å². The van der Waals surface area contributed by atoms with Crippen LogP contribution in [0.5, 0.6) is 11.5 Å². The van der Waals surface area contributed by atoms with E-state index in [-0.39, 0.29) is 22.3 Å². The molecule has 0 aliphatic carbocycles. The van der Waals surface area contributed by atoms with Crippen LogP contribution in [0.25, 0.3) is 6.08 Å². The molecule has 2 aliphatic heterocycles. The summed E-state index contributed by atoms with van der Waals surface area (Å²) in [5.41, 5.74) is 0.435. The van der Waals surface area contributed by atoms with Crippen molar-refractivity contribution in [3.8, 4) is 11.5 Å². The van der Waals surface area contributed by atoms with Crippen molar-refractivity contribution < 1.29 is 28.2 Å². The molecule has 0 bridgehead atoms. The summed E-state index contributed by atoms with van der Waals surface area (Å²) < 4.78 is 24.4. The van der Waals surface area contributed by atoms with Crippen molar-refractivity contribution in [1.82, 2.24) is 4.90 Å². The third-order valence-electron chi connectivity index (χ3n) is 4.11. The van der Waals surface area contributed by atoms with Gasteiger partial charge in [0.05, 0.1) is 9.93 Å². The van der Waals surface area contributed by atoms with Crippen LogP contribution in [0.1, 0.15) is 5.56 Å². The van der Waals surface area contributed by atoms with Gasteiger partial charge in [0.2, 0.25) is 12.7 Å². The minimum absolute atomic E-state index is 0.00415. The molecule has 0 atom stereocenters. The summed E-state index contributed by atoms with van der Waals surface area (Å²) in [6.45, 7) is -0.386. The summed E-state index contributed by atoms with van der Waals surface area (Å²) in [7, 11) is 0. The number of fused-ring (bicyclic) bond motifs is 1. The molecule has 2 aromatic rings. The van der Waals surface area contributed by atoms with Crippen molar-refractivity contribution in [3.63, 3.8) is 0 Å². The largest absolute Gasteiger partial charge is 0.454 e. The predicted molar refractivity (Wildman–Crippen MR) is 105 cm³/mol. The number of thioether (sulfide) groups is 1. The lowest BCUT2D eigenvalue weighted by molar-refractivity contribution is -0.127. The van der Waals surface area contributed by atoms with Gasteiger partial charge in [0.1, 0.15) is 12.4 Å². The molecule has 0 radical (unpaired) electrons. The second-order valence-electron chi connectivity index (χ2n) is 6.02. The van der Waals surface area contributed by atoms with E-state index in [4.69, 9.17) is 21.1 Å². The number of nitrogens with zero attached hydrogens (tertiary/aromatic N) is 1. The van der Waals surface area contributed by atoms with Crippen LogP contribution in [-0.4, -0.2) is 35.3 Å². The Bertz CT molecular complexity index is 1050. The highest BCUT2D eigenvalue weighted by Gasteiger charge is 2.36. The molecule has 1 N–H and O–H groups in total. The van der Waals surface area contributed by atoms with E-state index in [0.29, 0.717) is 28.9 Å². The topological polar surface area (TPSA) is 84.9 Å². The van der Waals surface area contributed by atoms with Gasteiger partial charge in [-0.2, -0.15) is 0 Å².